The number of amides is 1. The molecule has 11 heteroatoms. The number of imidazole rings is 1. The standard InChI is InChI=1S/C30H40N8O3/c1-3-4-17-37-25-26(33-29(37)36-16-8-10-23(31)21-36)34(2)30(41)38(28(25)40)18-9-15-35-19-13-22(14-20-35)27(39)32-24-11-6-5-7-12-24/h5-7,11-12,22-23H,8-10,13-21,31H2,1-2H3,(H,32,39)/t23-/m1/s1. The van der Waals surface area contributed by atoms with Gasteiger partial charge in [0.05, 0.1) is 6.54 Å². The first-order valence-corrected chi connectivity index (χ1v) is 14.6. The van der Waals surface area contributed by atoms with Gasteiger partial charge in [0.25, 0.3) is 5.56 Å². The summed E-state index contributed by atoms with van der Waals surface area (Å²) in [5, 5.41) is 3.01. The number of anilines is 2. The molecule has 2 fully saturated rings. The molecule has 0 unspecified atom stereocenters. The number of nitrogens with one attached hydrogen (secondary N) is 1. The molecule has 2 aliphatic heterocycles. The molecule has 41 heavy (non-hydrogen) atoms. The van der Waals surface area contributed by atoms with Gasteiger partial charge in [-0.15, -0.1) is 5.92 Å². The molecule has 0 saturated carbocycles. The van der Waals surface area contributed by atoms with Gasteiger partial charge in [0, 0.05) is 44.3 Å². The van der Waals surface area contributed by atoms with Crippen LogP contribution in [0.15, 0.2) is 39.9 Å². The molecule has 3 N–H and O–H groups in total. The summed E-state index contributed by atoms with van der Waals surface area (Å²) in [5.74, 6) is 6.67. The fourth-order valence-electron chi connectivity index (χ4n) is 5.94. The van der Waals surface area contributed by atoms with Crippen LogP contribution in [0, 0.1) is 17.8 Å². The van der Waals surface area contributed by atoms with E-state index < -0.39 is 0 Å². The van der Waals surface area contributed by atoms with Crippen LogP contribution in [0.3, 0.4) is 0 Å². The van der Waals surface area contributed by atoms with Crippen molar-refractivity contribution in [1.82, 2.24) is 23.6 Å². The first-order valence-electron chi connectivity index (χ1n) is 14.6. The second-order valence-electron chi connectivity index (χ2n) is 11.1. The van der Waals surface area contributed by atoms with Gasteiger partial charge < -0.3 is 20.9 Å². The van der Waals surface area contributed by atoms with E-state index in [0.717, 1.165) is 57.5 Å². The second kappa shape index (κ2) is 12.7. The monoisotopic (exact) mass is 560 g/mol. The van der Waals surface area contributed by atoms with Gasteiger partial charge >= 0.3 is 5.69 Å². The highest BCUT2D eigenvalue weighted by Gasteiger charge is 2.27. The number of piperidine rings is 2. The fraction of sp³-hybridized carbons (Fsp3) is 0.533. The molecule has 0 bridgehead atoms. The Balaban J connectivity index is 1.27. The van der Waals surface area contributed by atoms with Gasteiger partial charge in [-0.2, -0.15) is 4.98 Å². The quantitative estimate of drug-likeness (QED) is 0.401. The summed E-state index contributed by atoms with van der Waals surface area (Å²) in [4.78, 5) is 48.8. The van der Waals surface area contributed by atoms with Gasteiger partial charge in [-0.3, -0.25) is 23.3 Å². The number of hydrogen-bond donors (Lipinski definition) is 2. The Morgan fingerprint density at radius 2 is 1.83 bits per heavy atom. The van der Waals surface area contributed by atoms with Crippen LogP contribution in [0.2, 0.25) is 0 Å². The van der Waals surface area contributed by atoms with Crippen LogP contribution in [0.1, 0.15) is 39.0 Å². The lowest BCUT2D eigenvalue weighted by atomic mass is 9.95. The van der Waals surface area contributed by atoms with Crippen LogP contribution in [0.4, 0.5) is 11.6 Å². The van der Waals surface area contributed by atoms with Crippen molar-refractivity contribution in [3.05, 3.63) is 51.2 Å². The van der Waals surface area contributed by atoms with Crippen molar-refractivity contribution in [1.29, 1.82) is 0 Å². The average molecular weight is 561 g/mol. The van der Waals surface area contributed by atoms with Crippen molar-refractivity contribution >= 4 is 28.7 Å². The number of hydrogen-bond acceptors (Lipinski definition) is 7. The number of para-hydroxylation sites is 1. The summed E-state index contributed by atoms with van der Waals surface area (Å²) >= 11 is 0. The zero-order valence-corrected chi connectivity index (χ0v) is 24.0. The van der Waals surface area contributed by atoms with Crippen LogP contribution in [0.5, 0.6) is 0 Å². The van der Waals surface area contributed by atoms with E-state index in [1.54, 1.807) is 14.0 Å². The van der Waals surface area contributed by atoms with Gasteiger partial charge in [0.1, 0.15) is 0 Å². The number of benzene rings is 1. The zero-order valence-electron chi connectivity index (χ0n) is 24.0. The number of rotatable bonds is 8. The molecule has 0 radical (unpaired) electrons. The third-order valence-electron chi connectivity index (χ3n) is 8.22. The summed E-state index contributed by atoms with van der Waals surface area (Å²) in [6.45, 7) is 6.20. The summed E-state index contributed by atoms with van der Waals surface area (Å²) in [6, 6.07) is 9.57. The molecule has 1 atom stereocenters. The van der Waals surface area contributed by atoms with Gasteiger partial charge in [0.2, 0.25) is 11.9 Å². The summed E-state index contributed by atoms with van der Waals surface area (Å²) < 4.78 is 4.63. The molecule has 2 saturated heterocycles. The lowest BCUT2D eigenvalue weighted by molar-refractivity contribution is -0.121. The van der Waals surface area contributed by atoms with Crippen molar-refractivity contribution in [3.63, 3.8) is 0 Å². The third-order valence-corrected chi connectivity index (χ3v) is 8.22. The minimum Gasteiger partial charge on any atom is -0.341 e. The molecule has 3 aromatic rings. The predicted molar refractivity (Wildman–Crippen MR) is 161 cm³/mol. The summed E-state index contributed by atoms with van der Waals surface area (Å²) in [7, 11) is 1.67. The van der Waals surface area contributed by atoms with Crippen molar-refractivity contribution in [2.45, 2.75) is 58.2 Å². The number of likely N-dealkylation sites (tertiary alicyclic amines) is 1. The Hall–Kier alpha value is -3.88. The van der Waals surface area contributed by atoms with Crippen LogP contribution in [0.25, 0.3) is 11.2 Å². The Labute approximate surface area is 239 Å². The number of fused-ring (bicyclic) bond motifs is 1. The van der Waals surface area contributed by atoms with Crippen LogP contribution >= 0.6 is 0 Å². The molecule has 0 spiro atoms. The number of nitrogens with two attached hydrogens (primary N) is 1. The molecule has 11 nitrogen and oxygen atoms in total. The van der Waals surface area contributed by atoms with Gasteiger partial charge in [-0.1, -0.05) is 24.1 Å². The fourth-order valence-corrected chi connectivity index (χ4v) is 5.94. The largest absolute Gasteiger partial charge is 0.341 e. The predicted octanol–water partition coefficient (Wildman–Crippen LogP) is 1.59. The molecule has 1 aromatic carbocycles. The van der Waals surface area contributed by atoms with E-state index in [2.05, 4.69) is 27.0 Å². The highest BCUT2D eigenvalue weighted by atomic mass is 16.2. The summed E-state index contributed by atoms with van der Waals surface area (Å²) in [6.07, 6.45) is 4.12. The van der Waals surface area contributed by atoms with E-state index in [1.165, 1.54) is 9.13 Å². The van der Waals surface area contributed by atoms with Crippen molar-refractivity contribution < 1.29 is 4.79 Å². The van der Waals surface area contributed by atoms with E-state index in [4.69, 9.17) is 10.7 Å². The van der Waals surface area contributed by atoms with E-state index in [9.17, 15) is 14.4 Å². The molecular weight excluding hydrogens is 520 g/mol. The zero-order chi connectivity index (χ0) is 28.9. The van der Waals surface area contributed by atoms with Crippen LogP contribution in [-0.4, -0.2) is 68.3 Å². The average Bonchev–Trinajstić information content (AvgIpc) is 3.37. The van der Waals surface area contributed by atoms with Crippen LogP contribution < -0.4 is 27.2 Å². The first kappa shape index (κ1) is 28.6. The topological polar surface area (TPSA) is 123 Å². The lowest BCUT2D eigenvalue weighted by Crippen LogP contribution is -2.44. The second-order valence-corrected chi connectivity index (χ2v) is 11.1. The van der Waals surface area contributed by atoms with E-state index in [1.807, 2.05) is 34.9 Å². The third kappa shape index (κ3) is 6.24. The van der Waals surface area contributed by atoms with Crippen LogP contribution in [-0.2, 0) is 24.9 Å². The lowest BCUT2D eigenvalue weighted by Gasteiger charge is -2.31. The molecule has 218 valence electrons. The number of aromatic nitrogens is 4. The smallest absolute Gasteiger partial charge is 0.332 e. The van der Waals surface area contributed by atoms with E-state index >= 15 is 0 Å². The minimum absolute atomic E-state index is 0.0149. The Kier molecular flexibility index (Phi) is 8.90. The highest BCUT2D eigenvalue weighted by molar-refractivity contribution is 5.92. The maximum Gasteiger partial charge on any atom is 0.332 e. The van der Waals surface area contributed by atoms with Crippen molar-refractivity contribution in [2.24, 2.45) is 18.7 Å². The van der Waals surface area contributed by atoms with Gasteiger partial charge in [-0.25, -0.2) is 4.79 Å². The van der Waals surface area contributed by atoms with E-state index in [0.29, 0.717) is 43.2 Å². The normalized spacial score (nSPS) is 18.3. The van der Waals surface area contributed by atoms with Gasteiger partial charge in [-0.05, 0) is 70.8 Å². The Morgan fingerprint density at radius 3 is 2.54 bits per heavy atom. The SMILES string of the molecule is CC#CCn1c(N2CCC[C@@H](N)C2)nc2c1c(=O)n(CCCN1CCC(C(=O)Nc3ccccc3)CC1)c(=O)n2C. The minimum atomic E-state index is -0.369. The Bertz CT molecular complexity index is 1550. The molecule has 2 aromatic heterocycles. The highest BCUT2D eigenvalue weighted by Crippen LogP contribution is 2.23. The molecular formula is C30H40N8O3. The van der Waals surface area contributed by atoms with Crippen molar-refractivity contribution in [2.75, 3.05) is 42.9 Å². The number of nitrogens with zero attached hydrogens (tertiary/aromatic N) is 6. The maximum atomic E-state index is 13.7. The summed E-state index contributed by atoms with van der Waals surface area (Å²) in [5.41, 5.74) is 7.12. The Morgan fingerprint density at radius 1 is 1.07 bits per heavy atom. The number of aryl methyl sites for hydroxylation is 1. The molecule has 1 amide bonds. The molecule has 0 aliphatic carbocycles. The number of carbonyl (C=O) groups excluding carboxylic acids is 1. The van der Waals surface area contributed by atoms with Crippen molar-refractivity contribution in [3.8, 4) is 11.8 Å². The van der Waals surface area contributed by atoms with E-state index in [-0.39, 0.29) is 29.1 Å². The maximum absolute atomic E-state index is 13.7. The number of carbonyl (C=O) groups is 1. The first-order chi connectivity index (χ1) is 19.9. The molecule has 5 rings (SSSR count). The molecule has 2 aliphatic rings. The molecule has 4 heterocycles. The van der Waals surface area contributed by atoms with Gasteiger partial charge in [0.15, 0.2) is 11.2 Å².